The van der Waals surface area contributed by atoms with Crippen LogP contribution in [0.5, 0.6) is 0 Å². The molecule has 0 aliphatic carbocycles. The highest BCUT2D eigenvalue weighted by molar-refractivity contribution is 7.09. The lowest BCUT2D eigenvalue weighted by Gasteiger charge is -2.31. The number of carbonyl (C=O) groups is 1. The lowest BCUT2D eigenvalue weighted by atomic mass is 9.92. The van der Waals surface area contributed by atoms with Crippen LogP contribution in [0.15, 0.2) is 17.5 Å². The first-order valence-electron chi connectivity index (χ1n) is 6.77. The number of piperidine rings is 1. The summed E-state index contributed by atoms with van der Waals surface area (Å²) in [6, 6.07) is 4.33. The summed E-state index contributed by atoms with van der Waals surface area (Å²) in [5.74, 6) is 0.547. The number of nitrogens with zero attached hydrogens (tertiary/aromatic N) is 1. The van der Waals surface area contributed by atoms with Gasteiger partial charge in [-0.2, -0.15) is 0 Å². The molecule has 18 heavy (non-hydrogen) atoms. The molecular formula is C14H22N2OS. The highest BCUT2D eigenvalue weighted by Crippen LogP contribution is 2.22. The molecular weight excluding hydrogens is 244 g/mol. The van der Waals surface area contributed by atoms with Crippen LogP contribution in [0.2, 0.25) is 0 Å². The Balaban J connectivity index is 1.62. The quantitative estimate of drug-likeness (QED) is 0.858. The van der Waals surface area contributed by atoms with Crippen molar-refractivity contribution in [3.63, 3.8) is 0 Å². The van der Waals surface area contributed by atoms with E-state index < -0.39 is 0 Å². The SMILES string of the molecule is NC(=O)CCC1CCN(CCc2cccs2)CC1. The summed E-state index contributed by atoms with van der Waals surface area (Å²) in [5.41, 5.74) is 5.19. The second kappa shape index (κ2) is 6.90. The molecule has 0 radical (unpaired) electrons. The molecule has 2 rings (SSSR count). The number of amides is 1. The lowest BCUT2D eigenvalue weighted by Crippen LogP contribution is -2.35. The molecule has 1 aliphatic heterocycles. The molecule has 0 atom stereocenters. The Kier molecular flexibility index (Phi) is 5.20. The molecule has 0 bridgehead atoms. The molecule has 2 heterocycles. The Bertz CT molecular complexity index is 356. The van der Waals surface area contributed by atoms with Gasteiger partial charge in [0.1, 0.15) is 0 Å². The smallest absolute Gasteiger partial charge is 0.217 e. The summed E-state index contributed by atoms with van der Waals surface area (Å²) in [7, 11) is 0. The van der Waals surface area contributed by atoms with Gasteiger partial charge in [-0.1, -0.05) is 6.07 Å². The second-order valence-electron chi connectivity index (χ2n) is 5.12. The highest BCUT2D eigenvalue weighted by atomic mass is 32.1. The van der Waals surface area contributed by atoms with E-state index in [4.69, 9.17) is 5.73 Å². The maximum atomic E-state index is 10.8. The van der Waals surface area contributed by atoms with Crippen LogP contribution in [0.3, 0.4) is 0 Å². The fraction of sp³-hybridized carbons (Fsp3) is 0.643. The van der Waals surface area contributed by atoms with E-state index in [0.717, 1.165) is 6.42 Å². The van der Waals surface area contributed by atoms with Crippen molar-refractivity contribution in [1.82, 2.24) is 4.90 Å². The fourth-order valence-corrected chi connectivity index (χ4v) is 3.27. The van der Waals surface area contributed by atoms with E-state index in [9.17, 15) is 4.79 Å². The van der Waals surface area contributed by atoms with Gasteiger partial charge in [0, 0.05) is 17.8 Å². The molecule has 0 unspecified atom stereocenters. The predicted molar refractivity (Wildman–Crippen MR) is 75.6 cm³/mol. The lowest BCUT2D eigenvalue weighted by molar-refractivity contribution is -0.118. The van der Waals surface area contributed by atoms with E-state index >= 15 is 0 Å². The number of likely N-dealkylation sites (tertiary alicyclic amines) is 1. The van der Waals surface area contributed by atoms with Gasteiger partial charge < -0.3 is 10.6 Å². The molecule has 1 amide bonds. The molecule has 1 aromatic rings. The maximum absolute atomic E-state index is 10.8. The summed E-state index contributed by atoms with van der Waals surface area (Å²) < 4.78 is 0. The average Bonchev–Trinajstić information content (AvgIpc) is 2.88. The van der Waals surface area contributed by atoms with Crippen LogP contribution < -0.4 is 5.73 Å². The van der Waals surface area contributed by atoms with E-state index in [1.165, 1.54) is 43.8 Å². The third-order valence-corrected chi connectivity index (χ3v) is 4.70. The van der Waals surface area contributed by atoms with Gasteiger partial charge in [0.25, 0.3) is 0 Å². The summed E-state index contributed by atoms with van der Waals surface area (Å²) in [4.78, 5) is 14.8. The van der Waals surface area contributed by atoms with Gasteiger partial charge in [0.2, 0.25) is 5.91 Å². The van der Waals surface area contributed by atoms with E-state index in [0.29, 0.717) is 12.3 Å². The highest BCUT2D eigenvalue weighted by Gasteiger charge is 2.19. The van der Waals surface area contributed by atoms with Crippen molar-refractivity contribution in [1.29, 1.82) is 0 Å². The van der Waals surface area contributed by atoms with Crippen LogP contribution >= 0.6 is 11.3 Å². The van der Waals surface area contributed by atoms with Crippen molar-refractivity contribution in [3.8, 4) is 0 Å². The van der Waals surface area contributed by atoms with Crippen molar-refractivity contribution < 1.29 is 4.79 Å². The zero-order chi connectivity index (χ0) is 12.8. The number of carbonyl (C=O) groups excluding carboxylic acids is 1. The van der Waals surface area contributed by atoms with Crippen molar-refractivity contribution in [3.05, 3.63) is 22.4 Å². The molecule has 0 aromatic carbocycles. The van der Waals surface area contributed by atoms with E-state index in [-0.39, 0.29) is 5.91 Å². The number of hydrogen-bond acceptors (Lipinski definition) is 3. The van der Waals surface area contributed by atoms with Crippen LogP contribution in [0.25, 0.3) is 0 Å². The van der Waals surface area contributed by atoms with Gasteiger partial charge in [-0.15, -0.1) is 11.3 Å². The number of hydrogen-bond donors (Lipinski definition) is 1. The van der Waals surface area contributed by atoms with E-state index in [2.05, 4.69) is 22.4 Å². The third kappa shape index (κ3) is 4.42. The van der Waals surface area contributed by atoms with Gasteiger partial charge in [-0.25, -0.2) is 0 Å². The minimum absolute atomic E-state index is 0.157. The van der Waals surface area contributed by atoms with Crippen LogP contribution in [-0.2, 0) is 11.2 Å². The Labute approximate surface area is 113 Å². The summed E-state index contributed by atoms with van der Waals surface area (Å²) >= 11 is 1.85. The Hall–Kier alpha value is -0.870. The zero-order valence-electron chi connectivity index (χ0n) is 10.8. The first-order chi connectivity index (χ1) is 8.74. The normalized spacial score (nSPS) is 18.0. The molecule has 3 nitrogen and oxygen atoms in total. The first kappa shape index (κ1) is 13.6. The van der Waals surface area contributed by atoms with Crippen LogP contribution in [0, 0.1) is 5.92 Å². The standard InChI is InChI=1S/C14H22N2OS/c15-14(17)4-3-12-5-8-16(9-6-12)10-7-13-2-1-11-18-13/h1-2,11-12H,3-10H2,(H2,15,17). The molecule has 0 spiro atoms. The Morgan fingerprint density at radius 2 is 2.22 bits per heavy atom. The minimum atomic E-state index is -0.157. The molecule has 100 valence electrons. The number of primary amides is 1. The van der Waals surface area contributed by atoms with E-state index in [1.807, 2.05) is 11.3 Å². The van der Waals surface area contributed by atoms with Crippen LogP contribution in [-0.4, -0.2) is 30.4 Å². The largest absolute Gasteiger partial charge is 0.370 e. The fourth-order valence-electron chi connectivity index (χ4n) is 2.57. The van der Waals surface area contributed by atoms with Crippen LogP contribution in [0.4, 0.5) is 0 Å². The van der Waals surface area contributed by atoms with Gasteiger partial charge in [0.15, 0.2) is 0 Å². The van der Waals surface area contributed by atoms with Crippen molar-refractivity contribution in [2.75, 3.05) is 19.6 Å². The maximum Gasteiger partial charge on any atom is 0.217 e. The third-order valence-electron chi connectivity index (χ3n) is 3.76. The monoisotopic (exact) mass is 266 g/mol. The van der Waals surface area contributed by atoms with E-state index in [1.54, 1.807) is 0 Å². The molecule has 4 heteroatoms. The zero-order valence-corrected chi connectivity index (χ0v) is 11.6. The Morgan fingerprint density at radius 1 is 1.44 bits per heavy atom. The molecule has 2 N–H and O–H groups in total. The van der Waals surface area contributed by atoms with Crippen LogP contribution in [0.1, 0.15) is 30.6 Å². The number of nitrogens with two attached hydrogens (primary N) is 1. The molecule has 0 saturated carbocycles. The number of rotatable bonds is 6. The molecule has 1 aromatic heterocycles. The summed E-state index contributed by atoms with van der Waals surface area (Å²) in [6.45, 7) is 3.52. The predicted octanol–water partition coefficient (Wildman–Crippen LogP) is 2.27. The van der Waals surface area contributed by atoms with Crippen molar-refractivity contribution in [2.24, 2.45) is 11.7 Å². The topological polar surface area (TPSA) is 46.3 Å². The second-order valence-corrected chi connectivity index (χ2v) is 6.15. The molecule has 1 fully saturated rings. The average molecular weight is 266 g/mol. The van der Waals surface area contributed by atoms with Gasteiger partial charge >= 0.3 is 0 Å². The summed E-state index contributed by atoms with van der Waals surface area (Å²) in [6.07, 6.45) is 5.15. The minimum Gasteiger partial charge on any atom is -0.370 e. The van der Waals surface area contributed by atoms with Crippen molar-refractivity contribution >= 4 is 17.2 Å². The first-order valence-corrected chi connectivity index (χ1v) is 7.65. The molecule has 1 saturated heterocycles. The van der Waals surface area contributed by atoms with Gasteiger partial charge in [-0.05, 0) is 56.1 Å². The van der Waals surface area contributed by atoms with Gasteiger partial charge in [0.05, 0.1) is 0 Å². The Morgan fingerprint density at radius 3 is 2.83 bits per heavy atom. The molecule has 1 aliphatic rings. The van der Waals surface area contributed by atoms with Crippen molar-refractivity contribution in [2.45, 2.75) is 32.1 Å². The summed E-state index contributed by atoms with van der Waals surface area (Å²) in [5, 5.41) is 2.14. The van der Waals surface area contributed by atoms with Gasteiger partial charge in [-0.3, -0.25) is 4.79 Å². The number of thiophene rings is 1.